The summed E-state index contributed by atoms with van der Waals surface area (Å²) in [5, 5.41) is 9.80. The summed E-state index contributed by atoms with van der Waals surface area (Å²) in [6.45, 7) is 82.7. The van der Waals surface area contributed by atoms with Crippen LogP contribution in [0.4, 0.5) is 5.69 Å². The minimum atomic E-state index is 0.422. The number of carbonyl (C=O) groups excluding carboxylic acids is 1. The molecule has 2 saturated carbocycles. The Hall–Kier alpha value is -2.37. The van der Waals surface area contributed by atoms with Crippen LogP contribution in [-0.4, -0.2) is 163 Å². The Morgan fingerprint density at radius 1 is 0.465 bits per heavy atom. The molecule has 2 aliphatic rings. The molecule has 594 valence electrons. The maximum Gasteiger partial charge on any atom is 0.134 e. The number of para-hydroxylation sites is 1. The fraction of sp³-hybridized carbons (Fsp3) is 0.856. The van der Waals surface area contributed by atoms with Crippen LogP contribution in [0.5, 0.6) is 0 Å². The Labute approximate surface area is 627 Å². The minimum absolute atomic E-state index is 0.422. The number of anilines is 1. The molecule has 0 radical (unpaired) electrons. The summed E-state index contributed by atoms with van der Waals surface area (Å²) in [6, 6.07) is 23.1. The van der Waals surface area contributed by atoms with Crippen LogP contribution in [0.2, 0.25) is 0 Å². The molecule has 99 heavy (non-hydrogen) atoms. The smallest absolute Gasteiger partial charge is 0.134 e. The third-order valence-electron chi connectivity index (χ3n) is 15.8. The van der Waals surface area contributed by atoms with Crippen LogP contribution in [0.15, 0.2) is 60.7 Å². The minimum Gasteiger partial charge on any atom is -0.385 e. The number of aryl methyl sites for hydroxylation is 1. The van der Waals surface area contributed by atoms with Gasteiger partial charge in [-0.15, -0.1) is 0 Å². The lowest BCUT2D eigenvalue weighted by Gasteiger charge is -2.25. The average molecular weight is 1400 g/mol. The molecular weight excluding hydrogens is 1210 g/mol. The van der Waals surface area contributed by atoms with Gasteiger partial charge in [-0.25, -0.2) is 0 Å². The number of nitrogens with one attached hydrogen (secondary N) is 3. The topological polar surface area (TPSA) is 69.4 Å². The van der Waals surface area contributed by atoms with E-state index in [0.29, 0.717) is 35.1 Å². The molecule has 0 heterocycles. The van der Waals surface area contributed by atoms with Crippen molar-refractivity contribution >= 4 is 11.5 Å². The van der Waals surface area contributed by atoms with Gasteiger partial charge < -0.3 is 40.4 Å². The van der Waals surface area contributed by atoms with E-state index in [4.69, 9.17) is 0 Å². The third-order valence-corrected chi connectivity index (χ3v) is 15.8. The van der Waals surface area contributed by atoms with Gasteiger partial charge in [0.2, 0.25) is 0 Å². The summed E-state index contributed by atoms with van der Waals surface area (Å²) in [7, 11) is 12.6. The first kappa shape index (κ1) is 110. The van der Waals surface area contributed by atoms with Crippen molar-refractivity contribution in [2.75, 3.05) is 120 Å². The quantitative estimate of drug-likeness (QED) is 0.0648. The first-order valence-electron chi connectivity index (χ1n) is 41.1. The summed E-state index contributed by atoms with van der Waals surface area (Å²) < 4.78 is 0. The molecule has 0 saturated heterocycles. The van der Waals surface area contributed by atoms with Crippen molar-refractivity contribution in [3.63, 3.8) is 0 Å². The van der Waals surface area contributed by atoms with Crippen LogP contribution in [0, 0.1) is 70.5 Å². The van der Waals surface area contributed by atoms with Crippen LogP contribution in [0.1, 0.15) is 304 Å². The maximum atomic E-state index is 10.9. The Morgan fingerprint density at radius 2 is 0.909 bits per heavy atom. The SMILES string of the molecule is CC(C)CC(C)(C)C.CC(C)CCCc1ccccc1.CC(C)CCN(C)C.CC(C)CN(C)C.CC(C)CN(C)C1CC1.CC(C)CNC1CCC(=O)C1.CC(C)CNc1ccccc1.CCCCC(C)C.CCN(CC)CC(C)C.CCN(CCC(C)C)C(C)C.CNCC(C)C. The molecule has 0 amide bonds. The van der Waals surface area contributed by atoms with E-state index in [1.165, 1.54) is 134 Å². The van der Waals surface area contributed by atoms with Gasteiger partial charge in [0.1, 0.15) is 5.78 Å². The molecule has 0 bridgehead atoms. The van der Waals surface area contributed by atoms with Crippen molar-refractivity contribution in [3.8, 4) is 0 Å². The predicted octanol–water partition coefficient (Wildman–Crippen LogP) is 23.8. The number of carbonyl (C=O) groups is 1. The lowest BCUT2D eigenvalue weighted by molar-refractivity contribution is -0.117. The van der Waals surface area contributed by atoms with E-state index in [9.17, 15) is 4.79 Å². The number of benzene rings is 2. The number of hydrogen-bond donors (Lipinski definition) is 3. The van der Waals surface area contributed by atoms with E-state index in [2.05, 4.69) is 333 Å². The molecule has 2 aromatic carbocycles. The van der Waals surface area contributed by atoms with E-state index >= 15 is 0 Å². The monoisotopic (exact) mass is 1400 g/mol. The predicted molar refractivity (Wildman–Crippen MR) is 458 cm³/mol. The van der Waals surface area contributed by atoms with Gasteiger partial charge in [0.15, 0.2) is 0 Å². The summed E-state index contributed by atoms with van der Waals surface area (Å²) >= 11 is 0. The van der Waals surface area contributed by atoms with E-state index in [0.717, 1.165) is 98.2 Å². The van der Waals surface area contributed by atoms with Crippen molar-refractivity contribution in [2.45, 2.75) is 323 Å². The lowest BCUT2D eigenvalue weighted by atomic mass is 9.86. The third kappa shape index (κ3) is 104. The zero-order valence-electron chi connectivity index (χ0n) is 74.7. The van der Waals surface area contributed by atoms with E-state index < -0.39 is 0 Å². The van der Waals surface area contributed by atoms with Crippen molar-refractivity contribution < 1.29 is 4.79 Å². The summed E-state index contributed by atoms with van der Waals surface area (Å²) in [5.41, 5.74) is 3.20. The van der Waals surface area contributed by atoms with Gasteiger partial charge in [0.05, 0.1) is 0 Å². The van der Waals surface area contributed by atoms with Gasteiger partial charge >= 0.3 is 0 Å². The standard InChI is InChI=1S/C12H18.C10H15N.C10H23N.C9H17NO.C8H17N.C8H19N.C8H18.C7H17N.C7H16.C6H15N.C5H13N/c1-11(2)7-6-10-12-8-4-3-5-9-12;1-9(2)8-11-10-6-4-3-5-7-10;1-6-11(10(4)5)8-7-9(2)3;1-7(2)6-10-8-3-4-9(11)5-8;1-7(2)6-9(3)8-4-5-8;1-5-9(6-2)7-8(3)4;1-7(2)6-8(3,4)5;1-7(2)5-6-8(3)4;1-4-5-6-7(2)3;1-6(2)5-7(3)4;1-5(2)4-6-3/h3-5,8-9,11H,6-7,10H2,1-2H3;3-7,9,11H,8H2,1-2H3;9-10H,6-8H2,1-5H3;7-8,10H,3-6H2,1-2H3;7-8H,4-6H2,1-3H3;8H,5-7H2,1-4H3;7H,6H2,1-5H3;7H,5-6H2,1-4H3;7H,4-6H2,1-3H3;6H,5H2,1-4H3;5-6H,4H2,1-3H3. The molecule has 2 aromatic rings. The summed E-state index contributed by atoms with van der Waals surface area (Å²) in [4.78, 5) is 22.7. The number of hydrogen-bond acceptors (Lipinski definition) is 9. The van der Waals surface area contributed by atoms with Crippen molar-refractivity contribution in [1.29, 1.82) is 0 Å². The number of nitrogens with zero attached hydrogens (tertiary/aromatic N) is 5. The van der Waals surface area contributed by atoms with Gasteiger partial charge in [-0.2, -0.15) is 0 Å². The molecule has 2 fully saturated rings. The first-order valence-corrected chi connectivity index (χ1v) is 41.1. The van der Waals surface area contributed by atoms with Crippen LogP contribution >= 0.6 is 0 Å². The molecule has 4 rings (SSSR count). The summed E-state index contributed by atoms with van der Waals surface area (Å²) in [5.74, 6) is 9.31. The zero-order valence-corrected chi connectivity index (χ0v) is 74.7. The maximum absolute atomic E-state index is 10.9. The Kier molecular flexibility index (Phi) is 82.1. The number of rotatable bonds is 33. The average Bonchev–Trinajstić information content (AvgIpc) is 1.78. The summed E-state index contributed by atoms with van der Waals surface area (Å²) in [6.07, 6.45) is 17.5. The van der Waals surface area contributed by atoms with Crippen molar-refractivity contribution in [3.05, 3.63) is 66.2 Å². The highest BCUT2D eigenvalue weighted by Crippen LogP contribution is 2.26. The Morgan fingerprint density at radius 3 is 1.17 bits per heavy atom. The highest BCUT2D eigenvalue weighted by molar-refractivity contribution is 5.81. The van der Waals surface area contributed by atoms with Crippen LogP contribution in [0.25, 0.3) is 0 Å². The molecule has 3 N–H and O–H groups in total. The number of unbranched alkanes of at least 4 members (excludes halogenated alkanes) is 1. The second kappa shape index (κ2) is 73.9. The Balaban J connectivity index is -0.000000189. The van der Waals surface area contributed by atoms with E-state index in [1.54, 1.807) is 0 Å². The fourth-order valence-electron chi connectivity index (χ4n) is 10.6. The molecule has 2 aliphatic carbocycles. The molecule has 9 heteroatoms. The van der Waals surface area contributed by atoms with Gasteiger partial charge in [0.25, 0.3) is 0 Å². The number of Topliss-reactive ketones (excluding diaryl/α,β-unsaturated/α-hetero) is 1. The molecule has 0 aliphatic heterocycles. The van der Waals surface area contributed by atoms with Crippen LogP contribution < -0.4 is 16.0 Å². The molecule has 1 atom stereocenters. The highest BCUT2D eigenvalue weighted by atomic mass is 16.1. The lowest BCUT2D eigenvalue weighted by Crippen LogP contribution is -2.32. The second-order valence-electron chi connectivity index (χ2n) is 35.3. The van der Waals surface area contributed by atoms with Gasteiger partial charge in [-0.05, 0) is 248 Å². The van der Waals surface area contributed by atoms with E-state index in [-0.39, 0.29) is 0 Å². The highest BCUT2D eigenvalue weighted by Gasteiger charge is 2.26. The van der Waals surface area contributed by atoms with E-state index in [1.807, 2.05) is 25.2 Å². The van der Waals surface area contributed by atoms with Crippen molar-refractivity contribution in [2.24, 2.45) is 70.5 Å². The molecule has 0 aromatic heterocycles. The Bertz CT molecular complexity index is 1820. The van der Waals surface area contributed by atoms with Crippen molar-refractivity contribution in [1.82, 2.24) is 35.1 Å². The largest absolute Gasteiger partial charge is 0.385 e. The normalized spacial score (nSPS) is 13.4. The van der Waals surface area contributed by atoms with Gasteiger partial charge in [0, 0.05) is 56.3 Å². The fourth-order valence-corrected chi connectivity index (χ4v) is 10.6. The van der Waals surface area contributed by atoms with Crippen LogP contribution in [-0.2, 0) is 11.2 Å². The van der Waals surface area contributed by atoms with Gasteiger partial charge in [-0.3, -0.25) is 4.79 Å². The van der Waals surface area contributed by atoms with Gasteiger partial charge in [-0.1, -0.05) is 275 Å². The molecule has 1 unspecified atom stereocenters. The second-order valence-corrected chi connectivity index (χ2v) is 35.3. The molecule has 9 nitrogen and oxygen atoms in total. The molecule has 0 spiro atoms. The molecular formula is C90H188N8O. The number of ketones is 1. The van der Waals surface area contributed by atoms with Crippen LogP contribution in [0.3, 0.4) is 0 Å². The zero-order chi connectivity index (χ0) is 78.1. The first-order chi connectivity index (χ1) is 45.9.